The Morgan fingerprint density at radius 1 is 1.22 bits per heavy atom. The summed E-state index contributed by atoms with van der Waals surface area (Å²) >= 11 is 5.99. The summed E-state index contributed by atoms with van der Waals surface area (Å²) in [5.41, 5.74) is 0.506. The van der Waals surface area contributed by atoms with Gasteiger partial charge in [-0.25, -0.2) is 4.39 Å². The molecule has 0 saturated heterocycles. The number of ether oxygens (including phenoxy) is 1. The van der Waals surface area contributed by atoms with E-state index >= 15 is 0 Å². The van der Waals surface area contributed by atoms with E-state index in [4.69, 9.17) is 16.3 Å². The molecule has 0 atom stereocenters. The first-order valence-corrected chi connectivity index (χ1v) is 5.68. The van der Waals surface area contributed by atoms with Gasteiger partial charge in [0, 0.05) is 11.6 Å². The van der Waals surface area contributed by atoms with Crippen molar-refractivity contribution < 1.29 is 13.9 Å². The van der Waals surface area contributed by atoms with Gasteiger partial charge >= 0.3 is 0 Å². The summed E-state index contributed by atoms with van der Waals surface area (Å²) in [6.45, 7) is 1.46. The quantitative estimate of drug-likeness (QED) is 0.765. The van der Waals surface area contributed by atoms with E-state index in [1.807, 2.05) is 0 Å². The zero-order valence-electron chi connectivity index (χ0n) is 9.61. The molecule has 0 unspecified atom stereocenters. The molecule has 18 heavy (non-hydrogen) atoms. The minimum absolute atomic E-state index is 0.0748. The molecule has 0 aromatic heterocycles. The first-order chi connectivity index (χ1) is 8.56. The second kappa shape index (κ2) is 5.19. The van der Waals surface area contributed by atoms with Gasteiger partial charge in [-0.2, -0.15) is 0 Å². The molecule has 0 N–H and O–H groups in total. The third kappa shape index (κ3) is 2.87. The Labute approximate surface area is 109 Å². The Hall–Kier alpha value is -1.87. The summed E-state index contributed by atoms with van der Waals surface area (Å²) in [7, 11) is 0. The van der Waals surface area contributed by atoms with Gasteiger partial charge in [0.1, 0.15) is 17.3 Å². The van der Waals surface area contributed by atoms with Gasteiger partial charge in [-0.05, 0) is 37.3 Å². The summed E-state index contributed by atoms with van der Waals surface area (Å²) in [6.07, 6.45) is 0. The van der Waals surface area contributed by atoms with Gasteiger partial charge in [-0.1, -0.05) is 17.7 Å². The lowest BCUT2D eigenvalue weighted by molar-refractivity contribution is 0.101. The monoisotopic (exact) mass is 264 g/mol. The largest absolute Gasteiger partial charge is 0.456 e. The predicted octanol–water partition coefficient (Wildman–Crippen LogP) is 4.47. The van der Waals surface area contributed by atoms with Gasteiger partial charge < -0.3 is 4.74 Å². The predicted molar refractivity (Wildman–Crippen MR) is 67.9 cm³/mol. The van der Waals surface area contributed by atoms with E-state index in [9.17, 15) is 9.18 Å². The summed E-state index contributed by atoms with van der Waals surface area (Å²) in [4.78, 5) is 11.2. The van der Waals surface area contributed by atoms with E-state index < -0.39 is 0 Å². The second-order valence-corrected chi connectivity index (χ2v) is 4.17. The van der Waals surface area contributed by atoms with Gasteiger partial charge in [-0.15, -0.1) is 0 Å². The van der Waals surface area contributed by atoms with Gasteiger partial charge in [0.15, 0.2) is 5.78 Å². The minimum Gasteiger partial charge on any atom is -0.456 e. The van der Waals surface area contributed by atoms with Crippen LogP contribution in [0.5, 0.6) is 11.5 Å². The average molecular weight is 265 g/mol. The number of carbonyl (C=O) groups excluding carboxylic acids is 1. The SMILES string of the molecule is CC(=O)c1ccc(Oc2cccc(F)c2)c(Cl)c1. The molecule has 2 nitrogen and oxygen atoms in total. The molecule has 0 aliphatic heterocycles. The van der Waals surface area contributed by atoms with Crippen molar-refractivity contribution in [1.82, 2.24) is 0 Å². The Morgan fingerprint density at radius 3 is 2.61 bits per heavy atom. The van der Waals surface area contributed by atoms with Crippen LogP contribution in [0.25, 0.3) is 0 Å². The first-order valence-electron chi connectivity index (χ1n) is 5.30. The lowest BCUT2D eigenvalue weighted by atomic mass is 10.1. The van der Waals surface area contributed by atoms with Crippen LogP contribution in [-0.2, 0) is 0 Å². The van der Waals surface area contributed by atoms with Crippen molar-refractivity contribution in [3.05, 3.63) is 58.9 Å². The molecule has 2 aromatic rings. The van der Waals surface area contributed by atoms with E-state index in [-0.39, 0.29) is 11.6 Å². The maximum atomic E-state index is 13.0. The van der Waals surface area contributed by atoms with Crippen LogP contribution in [0.15, 0.2) is 42.5 Å². The fourth-order valence-corrected chi connectivity index (χ4v) is 1.68. The third-order valence-corrected chi connectivity index (χ3v) is 2.66. The van der Waals surface area contributed by atoms with Crippen molar-refractivity contribution in [2.45, 2.75) is 6.92 Å². The minimum atomic E-state index is -0.385. The van der Waals surface area contributed by atoms with E-state index in [0.29, 0.717) is 22.1 Å². The maximum absolute atomic E-state index is 13.0. The van der Waals surface area contributed by atoms with Crippen LogP contribution in [0.3, 0.4) is 0 Å². The normalized spacial score (nSPS) is 10.2. The number of halogens is 2. The molecule has 0 spiro atoms. The number of carbonyl (C=O) groups is 1. The molecule has 0 radical (unpaired) electrons. The highest BCUT2D eigenvalue weighted by Gasteiger charge is 2.07. The van der Waals surface area contributed by atoms with Crippen molar-refractivity contribution in [2.75, 3.05) is 0 Å². The fourth-order valence-electron chi connectivity index (χ4n) is 1.46. The molecule has 2 aromatic carbocycles. The topological polar surface area (TPSA) is 26.3 Å². The summed E-state index contributed by atoms with van der Waals surface area (Å²) < 4.78 is 18.4. The van der Waals surface area contributed by atoms with Crippen molar-refractivity contribution in [3.63, 3.8) is 0 Å². The number of rotatable bonds is 3. The van der Waals surface area contributed by atoms with E-state index in [0.717, 1.165) is 0 Å². The second-order valence-electron chi connectivity index (χ2n) is 3.76. The summed E-state index contributed by atoms with van der Waals surface area (Å²) in [5, 5.41) is 0.312. The highest BCUT2D eigenvalue weighted by atomic mass is 35.5. The van der Waals surface area contributed by atoms with Crippen LogP contribution in [-0.4, -0.2) is 5.78 Å². The first kappa shape index (κ1) is 12.6. The van der Waals surface area contributed by atoms with Crippen molar-refractivity contribution in [2.24, 2.45) is 0 Å². The van der Waals surface area contributed by atoms with Crippen molar-refractivity contribution in [3.8, 4) is 11.5 Å². The fraction of sp³-hybridized carbons (Fsp3) is 0.0714. The molecular formula is C14H10ClFO2. The van der Waals surface area contributed by atoms with Gasteiger partial charge in [-0.3, -0.25) is 4.79 Å². The van der Waals surface area contributed by atoms with Crippen LogP contribution in [0, 0.1) is 5.82 Å². The van der Waals surface area contributed by atoms with Crippen LogP contribution in [0.4, 0.5) is 4.39 Å². The molecule has 2 rings (SSSR count). The van der Waals surface area contributed by atoms with Crippen LogP contribution in [0.2, 0.25) is 5.02 Å². The van der Waals surface area contributed by atoms with E-state index in [1.165, 1.54) is 25.1 Å². The highest BCUT2D eigenvalue weighted by molar-refractivity contribution is 6.32. The molecule has 4 heteroatoms. The lowest BCUT2D eigenvalue weighted by Gasteiger charge is -2.08. The molecule has 0 amide bonds. The smallest absolute Gasteiger partial charge is 0.159 e. The lowest BCUT2D eigenvalue weighted by Crippen LogP contribution is -1.93. The van der Waals surface area contributed by atoms with E-state index in [1.54, 1.807) is 24.3 Å². The Balaban J connectivity index is 2.27. The zero-order chi connectivity index (χ0) is 13.1. The number of Topliss-reactive ketones (excluding diaryl/α,β-unsaturated/α-hetero) is 1. The average Bonchev–Trinajstić information content (AvgIpc) is 2.31. The number of ketones is 1. The Kier molecular flexibility index (Phi) is 3.63. The molecule has 0 fully saturated rings. The highest BCUT2D eigenvalue weighted by Crippen LogP contribution is 2.30. The zero-order valence-corrected chi connectivity index (χ0v) is 10.4. The van der Waals surface area contributed by atoms with Crippen molar-refractivity contribution >= 4 is 17.4 Å². The molecular weight excluding hydrogens is 255 g/mol. The number of hydrogen-bond acceptors (Lipinski definition) is 2. The molecule has 92 valence electrons. The maximum Gasteiger partial charge on any atom is 0.159 e. The molecule has 0 saturated carbocycles. The number of hydrogen-bond donors (Lipinski definition) is 0. The molecule has 0 aliphatic rings. The van der Waals surface area contributed by atoms with Crippen LogP contribution < -0.4 is 4.74 Å². The standard InChI is InChI=1S/C14H10ClFO2/c1-9(17)10-5-6-14(13(15)7-10)18-12-4-2-3-11(16)8-12/h2-8H,1H3. The summed E-state index contributed by atoms with van der Waals surface area (Å²) in [5.74, 6) is 0.276. The van der Waals surface area contributed by atoms with Crippen LogP contribution >= 0.6 is 11.6 Å². The van der Waals surface area contributed by atoms with Crippen LogP contribution in [0.1, 0.15) is 17.3 Å². The Bertz CT molecular complexity index is 596. The number of benzene rings is 2. The van der Waals surface area contributed by atoms with Gasteiger partial charge in [0.05, 0.1) is 5.02 Å². The van der Waals surface area contributed by atoms with E-state index in [2.05, 4.69) is 0 Å². The molecule has 0 aliphatic carbocycles. The van der Waals surface area contributed by atoms with Crippen molar-refractivity contribution in [1.29, 1.82) is 0 Å². The molecule has 0 bridgehead atoms. The van der Waals surface area contributed by atoms with Gasteiger partial charge in [0.2, 0.25) is 0 Å². The third-order valence-electron chi connectivity index (χ3n) is 2.36. The van der Waals surface area contributed by atoms with Gasteiger partial charge in [0.25, 0.3) is 0 Å². The summed E-state index contributed by atoms with van der Waals surface area (Å²) in [6, 6.07) is 10.5. The molecule has 0 heterocycles. The Morgan fingerprint density at radius 2 is 2.00 bits per heavy atom.